The van der Waals surface area contributed by atoms with Gasteiger partial charge in [0.1, 0.15) is 5.75 Å². The number of nitrogens with zero attached hydrogens (tertiary/aromatic N) is 3. The van der Waals surface area contributed by atoms with Crippen molar-refractivity contribution in [1.29, 1.82) is 0 Å². The molecule has 1 N–H and O–H groups in total. The fourth-order valence-electron chi connectivity index (χ4n) is 3.19. The molecular formula is C25H22N4O2S. The van der Waals surface area contributed by atoms with Gasteiger partial charge in [-0.05, 0) is 54.1 Å². The molecule has 2 heterocycles. The second kappa shape index (κ2) is 10.5. The number of nitrogens with one attached hydrogen (secondary N) is 1. The summed E-state index contributed by atoms with van der Waals surface area (Å²) in [6.45, 7) is 0. The van der Waals surface area contributed by atoms with E-state index in [1.165, 1.54) is 11.8 Å². The summed E-state index contributed by atoms with van der Waals surface area (Å²) in [6.07, 6.45) is 5.15. The zero-order chi connectivity index (χ0) is 22.2. The average molecular weight is 443 g/mol. The Morgan fingerprint density at radius 2 is 1.88 bits per heavy atom. The van der Waals surface area contributed by atoms with Crippen LogP contribution in [0.2, 0.25) is 0 Å². The number of thioether (sulfide) groups is 1. The monoisotopic (exact) mass is 442 g/mol. The van der Waals surface area contributed by atoms with Crippen molar-refractivity contribution in [3.05, 3.63) is 96.8 Å². The van der Waals surface area contributed by atoms with Gasteiger partial charge in [-0.2, -0.15) is 5.10 Å². The highest BCUT2D eigenvalue weighted by Gasteiger charge is 2.13. The number of methoxy groups -OCH3 is 1. The zero-order valence-corrected chi connectivity index (χ0v) is 18.3. The Bertz CT molecular complexity index is 1210. The van der Waals surface area contributed by atoms with Crippen molar-refractivity contribution >= 4 is 23.9 Å². The predicted octanol–water partition coefficient (Wildman–Crippen LogP) is 4.79. The average Bonchev–Trinajstić information content (AvgIpc) is 3.28. The van der Waals surface area contributed by atoms with Crippen LogP contribution < -0.4 is 10.2 Å². The minimum absolute atomic E-state index is 0.180. The number of carbonyl (C=O) groups is 1. The molecule has 2 aromatic heterocycles. The zero-order valence-electron chi connectivity index (χ0n) is 17.5. The second-order valence-electron chi connectivity index (χ2n) is 6.82. The number of rotatable bonds is 8. The summed E-state index contributed by atoms with van der Waals surface area (Å²) >= 11 is 1.46. The summed E-state index contributed by atoms with van der Waals surface area (Å²) in [4.78, 5) is 16.5. The number of pyridine rings is 1. The molecule has 0 atom stereocenters. The highest BCUT2D eigenvalue weighted by atomic mass is 32.2. The number of aromatic nitrogens is 2. The highest BCUT2D eigenvalue weighted by molar-refractivity contribution is 7.99. The van der Waals surface area contributed by atoms with Gasteiger partial charge in [0, 0.05) is 23.6 Å². The minimum Gasteiger partial charge on any atom is -0.497 e. The molecule has 0 bridgehead atoms. The van der Waals surface area contributed by atoms with E-state index in [-0.39, 0.29) is 11.7 Å². The molecule has 32 heavy (non-hydrogen) atoms. The fourth-order valence-corrected chi connectivity index (χ4v) is 4.04. The molecule has 4 rings (SSSR count). The number of hydrogen-bond donors (Lipinski definition) is 1. The summed E-state index contributed by atoms with van der Waals surface area (Å²) in [5.74, 6) is 0.796. The molecule has 0 fully saturated rings. The Kier molecular flexibility index (Phi) is 6.99. The lowest BCUT2D eigenvalue weighted by atomic mass is 10.2. The smallest absolute Gasteiger partial charge is 0.250 e. The third kappa shape index (κ3) is 5.25. The van der Waals surface area contributed by atoms with E-state index >= 15 is 0 Å². The summed E-state index contributed by atoms with van der Waals surface area (Å²) in [5.41, 5.74) is 6.56. The quantitative estimate of drug-likeness (QED) is 0.242. The van der Waals surface area contributed by atoms with Crippen LogP contribution in [0.15, 0.2) is 101 Å². The number of ether oxygens (including phenoxy) is 1. The molecule has 4 aromatic rings. The molecular weight excluding hydrogens is 420 g/mol. The molecule has 0 spiro atoms. The van der Waals surface area contributed by atoms with Crippen LogP contribution in [0, 0.1) is 0 Å². The van der Waals surface area contributed by atoms with Crippen LogP contribution in [-0.4, -0.2) is 34.5 Å². The molecule has 0 aliphatic rings. The number of hydrazone groups is 1. The molecule has 7 heteroatoms. The van der Waals surface area contributed by atoms with Crippen molar-refractivity contribution < 1.29 is 9.53 Å². The van der Waals surface area contributed by atoms with E-state index in [0.717, 1.165) is 33.3 Å². The van der Waals surface area contributed by atoms with Gasteiger partial charge in [-0.1, -0.05) is 42.1 Å². The Morgan fingerprint density at radius 3 is 2.66 bits per heavy atom. The summed E-state index contributed by atoms with van der Waals surface area (Å²) in [6, 6.07) is 25.6. The van der Waals surface area contributed by atoms with Gasteiger partial charge in [-0.25, -0.2) is 5.43 Å². The largest absolute Gasteiger partial charge is 0.497 e. The van der Waals surface area contributed by atoms with Crippen molar-refractivity contribution in [2.45, 2.75) is 5.03 Å². The molecule has 0 aliphatic heterocycles. The van der Waals surface area contributed by atoms with Crippen molar-refractivity contribution in [3.8, 4) is 22.7 Å². The molecule has 160 valence electrons. The van der Waals surface area contributed by atoms with Gasteiger partial charge in [-0.15, -0.1) is 0 Å². The van der Waals surface area contributed by atoms with Gasteiger partial charge in [-0.3, -0.25) is 9.78 Å². The topological polar surface area (TPSA) is 68.5 Å². The van der Waals surface area contributed by atoms with Crippen LogP contribution in [-0.2, 0) is 4.79 Å². The van der Waals surface area contributed by atoms with E-state index in [1.807, 2.05) is 72.8 Å². The standard InChI is InChI=1S/C25H22N4O2S/c1-31-22-9-5-6-19(16-22)17-27-28-24(30)18-32-25-11-10-23(20-12-14-26-15-13-20)29(25)21-7-3-2-4-8-21/h2-17H,18H2,1H3,(H,28,30)/b27-17+. The SMILES string of the molecule is COc1cccc(/C=N/NC(=O)CSc2ccc(-c3ccncc3)n2-c2ccccc2)c1. The first-order valence-electron chi connectivity index (χ1n) is 10.0. The normalized spacial score (nSPS) is 10.9. The predicted molar refractivity (Wildman–Crippen MR) is 128 cm³/mol. The van der Waals surface area contributed by atoms with Crippen LogP contribution in [0.4, 0.5) is 0 Å². The van der Waals surface area contributed by atoms with Crippen molar-refractivity contribution in [2.24, 2.45) is 5.10 Å². The molecule has 0 unspecified atom stereocenters. The summed E-state index contributed by atoms with van der Waals surface area (Å²) in [7, 11) is 1.61. The van der Waals surface area contributed by atoms with Gasteiger partial charge in [0.05, 0.1) is 29.8 Å². The molecule has 2 aromatic carbocycles. The first kappa shape index (κ1) is 21.4. The van der Waals surface area contributed by atoms with E-state index in [1.54, 1.807) is 25.7 Å². The van der Waals surface area contributed by atoms with Crippen molar-refractivity contribution in [2.75, 3.05) is 12.9 Å². The maximum absolute atomic E-state index is 12.4. The van der Waals surface area contributed by atoms with Gasteiger partial charge in [0.25, 0.3) is 0 Å². The number of carbonyl (C=O) groups excluding carboxylic acids is 1. The third-order valence-electron chi connectivity index (χ3n) is 4.68. The van der Waals surface area contributed by atoms with Crippen LogP contribution in [0.1, 0.15) is 5.56 Å². The van der Waals surface area contributed by atoms with Gasteiger partial charge in [0.2, 0.25) is 5.91 Å². The Labute approximate surface area is 191 Å². The number of benzene rings is 2. The third-order valence-corrected chi connectivity index (χ3v) is 5.70. The maximum Gasteiger partial charge on any atom is 0.250 e. The lowest BCUT2D eigenvalue weighted by Crippen LogP contribution is -2.19. The number of para-hydroxylation sites is 1. The lowest BCUT2D eigenvalue weighted by Gasteiger charge is -2.13. The Balaban J connectivity index is 1.46. The Morgan fingerprint density at radius 1 is 1.06 bits per heavy atom. The van der Waals surface area contributed by atoms with Gasteiger partial charge >= 0.3 is 0 Å². The number of hydrogen-bond acceptors (Lipinski definition) is 5. The van der Waals surface area contributed by atoms with Gasteiger partial charge in [0.15, 0.2) is 0 Å². The molecule has 0 saturated heterocycles. The van der Waals surface area contributed by atoms with E-state index in [9.17, 15) is 4.79 Å². The Hall–Kier alpha value is -3.84. The van der Waals surface area contributed by atoms with E-state index in [0.29, 0.717) is 0 Å². The van der Waals surface area contributed by atoms with Crippen molar-refractivity contribution in [1.82, 2.24) is 15.0 Å². The van der Waals surface area contributed by atoms with Crippen LogP contribution in [0.3, 0.4) is 0 Å². The highest BCUT2D eigenvalue weighted by Crippen LogP contribution is 2.31. The van der Waals surface area contributed by atoms with Crippen LogP contribution in [0.5, 0.6) is 5.75 Å². The summed E-state index contributed by atoms with van der Waals surface area (Å²) in [5, 5.41) is 5.02. The molecule has 0 radical (unpaired) electrons. The van der Waals surface area contributed by atoms with Crippen LogP contribution in [0.25, 0.3) is 16.9 Å². The van der Waals surface area contributed by atoms with Gasteiger partial charge < -0.3 is 9.30 Å². The first-order chi connectivity index (χ1) is 15.7. The van der Waals surface area contributed by atoms with E-state index < -0.39 is 0 Å². The maximum atomic E-state index is 12.4. The fraction of sp³-hybridized carbons (Fsp3) is 0.0800. The summed E-state index contributed by atoms with van der Waals surface area (Å²) < 4.78 is 7.34. The molecule has 0 aliphatic carbocycles. The minimum atomic E-state index is -0.180. The first-order valence-corrected chi connectivity index (χ1v) is 11.0. The second-order valence-corrected chi connectivity index (χ2v) is 7.82. The molecule has 1 amide bonds. The lowest BCUT2D eigenvalue weighted by molar-refractivity contribution is -0.118. The van der Waals surface area contributed by atoms with E-state index in [2.05, 4.69) is 26.1 Å². The van der Waals surface area contributed by atoms with Crippen molar-refractivity contribution in [3.63, 3.8) is 0 Å². The van der Waals surface area contributed by atoms with Crippen LogP contribution >= 0.6 is 11.8 Å². The number of amides is 1. The molecule has 0 saturated carbocycles. The molecule has 6 nitrogen and oxygen atoms in total. The van der Waals surface area contributed by atoms with E-state index in [4.69, 9.17) is 4.74 Å².